The van der Waals surface area contributed by atoms with E-state index in [0.29, 0.717) is 17.6 Å². The second kappa shape index (κ2) is 25.3. The van der Waals surface area contributed by atoms with Crippen LogP contribution in [0.25, 0.3) is 0 Å². The number of cyclic esters (lactones) is 1. The Morgan fingerprint density at radius 1 is 0.773 bits per heavy atom. The molecule has 20 heteroatoms. The number of amides is 7. The average Bonchev–Trinajstić information content (AvgIpc) is 3.24. The van der Waals surface area contributed by atoms with Crippen molar-refractivity contribution in [1.82, 2.24) is 37.2 Å². The van der Waals surface area contributed by atoms with Gasteiger partial charge in [-0.3, -0.25) is 38.4 Å². The molecule has 1 fully saturated rings. The number of benzene rings is 2. The van der Waals surface area contributed by atoms with Crippen LogP contribution in [0, 0.1) is 5.92 Å². The predicted molar refractivity (Wildman–Crippen MR) is 239 cm³/mol. The molecule has 0 aliphatic carbocycles. The second-order valence-corrected chi connectivity index (χ2v) is 16.5. The number of carboxylic acid groups (broad SMARTS) is 1. The molecule has 20 nitrogen and oxygen atoms in total. The van der Waals surface area contributed by atoms with Crippen molar-refractivity contribution in [2.45, 2.75) is 129 Å². The molecule has 1 aliphatic rings. The Labute approximate surface area is 382 Å². The highest BCUT2D eigenvalue weighted by Crippen LogP contribution is 2.16. The van der Waals surface area contributed by atoms with Crippen LogP contribution in [0.15, 0.2) is 72.0 Å². The molecule has 0 saturated carbocycles. The number of carboxylic acids is 1. The van der Waals surface area contributed by atoms with Gasteiger partial charge in [-0.1, -0.05) is 49.8 Å². The van der Waals surface area contributed by atoms with Crippen LogP contribution in [0.4, 0.5) is 0 Å². The number of esters is 1. The van der Waals surface area contributed by atoms with Gasteiger partial charge in [-0.15, -0.1) is 0 Å². The average molecular weight is 920 g/mol. The summed E-state index contributed by atoms with van der Waals surface area (Å²) in [7, 11) is 0. The molecule has 10 N–H and O–H groups in total. The van der Waals surface area contributed by atoms with Crippen molar-refractivity contribution in [3.8, 4) is 11.5 Å². The molecule has 7 amide bonds. The Hall–Kier alpha value is -7.25. The summed E-state index contributed by atoms with van der Waals surface area (Å²) < 4.78 is 5.78. The maximum Gasteiger partial charge on any atom is 0.328 e. The zero-order valence-corrected chi connectivity index (χ0v) is 38.1. The van der Waals surface area contributed by atoms with Crippen LogP contribution in [0.5, 0.6) is 11.5 Å². The molecular weight excluding hydrogens is 859 g/mol. The Morgan fingerprint density at radius 2 is 1.38 bits per heavy atom. The van der Waals surface area contributed by atoms with Crippen molar-refractivity contribution in [1.29, 1.82) is 0 Å². The van der Waals surface area contributed by atoms with Gasteiger partial charge in [0, 0.05) is 18.9 Å². The number of hydrogen-bond acceptors (Lipinski definition) is 12. The Bertz CT molecular complexity index is 2150. The fraction of sp³-hybridized carbons (Fsp3) is 0.457. The van der Waals surface area contributed by atoms with E-state index in [-0.39, 0.29) is 36.5 Å². The van der Waals surface area contributed by atoms with Crippen molar-refractivity contribution in [3.63, 3.8) is 0 Å². The van der Waals surface area contributed by atoms with Crippen LogP contribution in [-0.2, 0) is 60.7 Å². The van der Waals surface area contributed by atoms with Crippen molar-refractivity contribution >= 4 is 53.3 Å². The van der Waals surface area contributed by atoms with E-state index in [0.717, 1.165) is 5.56 Å². The van der Waals surface area contributed by atoms with Crippen molar-refractivity contribution in [3.05, 3.63) is 83.1 Å². The van der Waals surface area contributed by atoms with E-state index in [2.05, 4.69) is 37.2 Å². The smallest absolute Gasteiger partial charge is 0.328 e. The molecule has 358 valence electrons. The van der Waals surface area contributed by atoms with Crippen LogP contribution < -0.4 is 37.2 Å². The zero-order valence-electron chi connectivity index (χ0n) is 38.1. The minimum Gasteiger partial charge on any atom is -0.508 e. The van der Waals surface area contributed by atoms with Crippen LogP contribution >= 0.6 is 0 Å². The summed E-state index contributed by atoms with van der Waals surface area (Å²) in [5.74, 6) is -9.00. The molecule has 1 aliphatic heterocycles. The minimum atomic E-state index is -1.77. The van der Waals surface area contributed by atoms with E-state index >= 15 is 0 Å². The van der Waals surface area contributed by atoms with E-state index < -0.39 is 114 Å². The summed E-state index contributed by atoms with van der Waals surface area (Å²) in [6, 6.07) is 3.29. The summed E-state index contributed by atoms with van der Waals surface area (Å²) in [4.78, 5) is 121. The Morgan fingerprint density at radius 3 is 1.94 bits per heavy atom. The maximum atomic E-state index is 14.4. The summed E-state index contributed by atoms with van der Waals surface area (Å²) in [5, 5.41) is 46.7. The number of nitrogens with one attached hydrogen (secondary N) is 7. The summed E-state index contributed by atoms with van der Waals surface area (Å²) in [6.07, 6.45) is 0.354. The first-order valence-electron chi connectivity index (χ1n) is 21.5. The van der Waals surface area contributed by atoms with Crippen LogP contribution in [0.1, 0.15) is 85.3 Å². The highest BCUT2D eigenvalue weighted by atomic mass is 16.5. The lowest BCUT2D eigenvalue weighted by molar-refractivity contribution is -0.156. The number of aliphatic carboxylic acids is 1. The van der Waals surface area contributed by atoms with Gasteiger partial charge < -0.3 is 57.3 Å². The van der Waals surface area contributed by atoms with Gasteiger partial charge in [0.05, 0.1) is 0 Å². The van der Waals surface area contributed by atoms with E-state index in [4.69, 9.17) is 4.74 Å². The first kappa shape index (κ1) is 53.1. The number of carbonyl (C=O) groups excluding carboxylic acids is 8. The molecule has 7 unspecified atom stereocenters. The number of ether oxygens (including phenoxy) is 1. The normalized spacial score (nSPS) is 21.2. The van der Waals surface area contributed by atoms with Crippen LogP contribution in [0.2, 0.25) is 0 Å². The lowest BCUT2D eigenvalue weighted by Crippen LogP contribution is -2.62. The van der Waals surface area contributed by atoms with Gasteiger partial charge in [-0.2, -0.15) is 0 Å². The van der Waals surface area contributed by atoms with E-state index in [1.165, 1.54) is 69.3 Å². The van der Waals surface area contributed by atoms with Gasteiger partial charge in [0.2, 0.25) is 35.4 Å². The fourth-order valence-corrected chi connectivity index (χ4v) is 6.65. The first-order valence-corrected chi connectivity index (χ1v) is 21.5. The number of aromatic hydroxyl groups is 2. The molecule has 0 aromatic heterocycles. The summed E-state index contributed by atoms with van der Waals surface area (Å²) in [6.45, 7) is 10.7. The topological polar surface area (TPSA) is 308 Å². The summed E-state index contributed by atoms with van der Waals surface area (Å²) in [5.41, 5.74) is 1.56. The number of rotatable bonds is 16. The van der Waals surface area contributed by atoms with E-state index in [1.54, 1.807) is 39.8 Å². The van der Waals surface area contributed by atoms with E-state index in [9.17, 15) is 58.5 Å². The molecule has 2 aromatic carbocycles. The SMILES string of the molecule is CC=C1NC(=O)C(C)NC(=O)C(NC(=O)C(Cc2ccc(O)cc2)NC(=O)C(NC(=O)C=C(C)C)C(C)C)C(C)OC(=O)C(CCCc2ccc(O)cc2)NC(=O)C(CCC(=O)O)NC1=O. The Kier molecular flexibility index (Phi) is 20.3. The number of allylic oxidation sites excluding steroid dienone is 2. The van der Waals surface area contributed by atoms with Crippen LogP contribution in [-0.4, -0.2) is 111 Å². The summed E-state index contributed by atoms with van der Waals surface area (Å²) >= 11 is 0. The largest absolute Gasteiger partial charge is 0.508 e. The molecule has 1 saturated heterocycles. The van der Waals surface area contributed by atoms with Gasteiger partial charge in [-0.05, 0) is 102 Å². The minimum absolute atomic E-state index is 0.0359. The number of phenolic OH excluding ortho intramolecular Hbond substituents is 2. The van der Waals surface area contributed by atoms with Crippen molar-refractivity contribution < 1.29 is 63.2 Å². The van der Waals surface area contributed by atoms with Crippen LogP contribution in [0.3, 0.4) is 0 Å². The fourth-order valence-electron chi connectivity index (χ4n) is 6.65. The third kappa shape index (κ3) is 17.0. The third-order valence-electron chi connectivity index (χ3n) is 10.3. The second-order valence-electron chi connectivity index (χ2n) is 16.5. The number of aryl methyl sites for hydroxylation is 1. The third-order valence-corrected chi connectivity index (χ3v) is 10.3. The lowest BCUT2D eigenvalue weighted by atomic mass is 10.00. The first-order chi connectivity index (χ1) is 31.1. The molecule has 7 atom stereocenters. The zero-order chi connectivity index (χ0) is 49.2. The number of phenols is 2. The van der Waals surface area contributed by atoms with Crippen molar-refractivity contribution in [2.75, 3.05) is 0 Å². The standard InChI is InChI=1S/C46H61N7O13/c1-8-32-41(60)49-33(20-21-37(57)58)42(61)50-34(11-9-10-28-12-16-30(54)17-13-28)46(65)66-27(7)39(45(64)47-26(6)40(59)48-32)53-43(62)35(23-29-14-18-31(55)19-15-29)51-44(63)38(25(4)5)52-36(56)22-24(2)3/h8,12-19,22,25-27,33-35,38-39,54-55H,9-11,20-21,23H2,1-7H3,(H,47,64)(H,48,59)(H,49,60)(H,50,61)(H,51,63)(H,52,56)(H,53,62)(H,57,58). The van der Waals surface area contributed by atoms with Gasteiger partial charge in [-0.25, -0.2) is 4.79 Å². The molecule has 3 rings (SSSR count). The molecule has 66 heavy (non-hydrogen) atoms. The molecule has 0 spiro atoms. The van der Waals surface area contributed by atoms with Crippen molar-refractivity contribution in [2.24, 2.45) is 5.92 Å². The van der Waals surface area contributed by atoms with Gasteiger partial charge >= 0.3 is 11.9 Å². The highest BCUT2D eigenvalue weighted by molar-refractivity contribution is 6.02. The monoisotopic (exact) mass is 919 g/mol. The molecular formula is C46H61N7O13. The molecule has 2 aromatic rings. The van der Waals surface area contributed by atoms with Gasteiger partial charge in [0.25, 0.3) is 5.91 Å². The lowest BCUT2D eigenvalue weighted by Gasteiger charge is -2.30. The molecule has 0 radical (unpaired) electrons. The number of hydrogen-bond donors (Lipinski definition) is 10. The Balaban J connectivity index is 2.07. The maximum absolute atomic E-state index is 14.4. The quantitative estimate of drug-likeness (QED) is 0.0833. The van der Waals surface area contributed by atoms with Gasteiger partial charge in [0.15, 0.2) is 0 Å². The van der Waals surface area contributed by atoms with E-state index in [1.807, 2.05) is 0 Å². The predicted octanol–water partition coefficient (Wildman–Crippen LogP) is 1.04. The number of carbonyl (C=O) groups is 9. The molecule has 0 bridgehead atoms. The highest BCUT2D eigenvalue weighted by Gasteiger charge is 2.38. The van der Waals surface area contributed by atoms with Gasteiger partial charge in [0.1, 0.15) is 59.6 Å². The molecule has 1 heterocycles.